The predicted octanol–water partition coefficient (Wildman–Crippen LogP) is 3.67. The highest BCUT2D eigenvalue weighted by molar-refractivity contribution is 14.0. The van der Waals surface area contributed by atoms with E-state index in [4.69, 9.17) is 0 Å². The minimum absolute atomic E-state index is 0. The number of hydrogen-bond acceptors (Lipinski definition) is 4. The van der Waals surface area contributed by atoms with Crippen LogP contribution in [0.2, 0.25) is 0 Å². The Morgan fingerprint density at radius 1 is 1.30 bits per heavy atom. The highest BCUT2D eigenvalue weighted by Crippen LogP contribution is 2.24. The summed E-state index contributed by atoms with van der Waals surface area (Å²) in [5.74, 6) is 1.39. The van der Waals surface area contributed by atoms with Crippen molar-refractivity contribution in [1.29, 1.82) is 0 Å². The van der Waals surface area contributed by atoms with Gasteiger partial charge < -0.3 is 15.5 Å². The summed E-state index contributed by atoms with van der Waals surface area (Å²) in [4.78, 5) is 21.5. The average molecular weight is 518 g/mol. The van der Waals surface area contributed by atoms with Crippen LogP contribution in [0.3, 0.4) is 0 Å². The number of hydrogen-bond donors (Lipinski definition) is 2. The van der Waals surface area contributed by atoms with E-state index in [9.17, 15) is 4.79 Å². The number of nitrogens with zero attached hydrogens (tertiary/aromatic N) is 2. The van der Waals surface area contributed by atoms with Crippen LogP contribution in [0.15, 0.2) is 34.0 Å². The first-order valence-electron chi connectivity index (χ1n) is 8.98. The molecule has 0 saturated heterocycles. The molecule has 0 spiro atoms. The molecule has 3 rings (SSSR count). The molecular formula is C19H27IN4OS2. The van der Waals surface area contributed by atoms with E-state index in [1.165, 1.54) is 15.3 Å². The summed E-state index contributed by atoms with van der Waals surface area (Å²) in [6, 6.07) is 6.37. The standard InChI is InChI=1S/C19H26N4OS2.HI/c1-14(16-4-3-10-25-16)12-22-19(20-2)21-8-5-18(24)23-9-6-17-15(13-23)7-11-26-17;/h3-4,7,10-11,14H,5-6,8-9,12-13H2,1-2H3,(H2,20,21,22);1H. The van der Waals surface area contributed by atoms with Gasteiger partial charge in [-0.15, -0.1) is 46.7 Å². The largest absolute Gasteiger partial charge is 0.356 e. The van der Waals surface area contributed by atoms with Gasteiger partial charge in [-0.1, -0.05) is 13.0 Å². The SMILES string of the molecule is CN=C(NCCC(=O)N1CCc2sccc2C1)NCC(C)c1cccs1.I. The fraction of sp³-hybridized carbons (Fsp3) is 0.474. The molecule has 0 saturated carbocycles. The van der Waals surface area contributed by atoms with Crippen LogP contribution in [-0.2, 0) is 17.8 Å². The van der Waals surface area contributed by atoms with Crippen molar-refractivity contribution in [2.24, 2.45) is 4.99 Å². The Bertz CT molecular complexity index is 745. The molecule has 0 radical (unpaired) electrons. The number of carbonyl (C=O) groups excluding carboxylic acids is 1. The van der Waals surface area contributed by atoms with Crippen LogP contribution < -0.4 is 10.6 Å². The Morgan fingerprint density at radius 3 is 2.89 bits per heavy atom. The number of thiophene rings is 2. The molecule has 148 valence electrons. The van der Waals surface area contributed by atoms with Crippen LogP contribution in [0, 0.1) is 0 Å². The number of nitrogens with one attached hydrogen (secondary N) is 2. The van der Waals surface area contributed by atoms with Gasteiger partial charge in [0.05, 0.1) is 0 Å². The van der Waals surface area contributed by atoms with E-state index in [0.717, 1.165) is 32.0 Å². The molecule has 27 heavy (non-hydrogen) atoms. The van der Waals surface area contributed by atoms with Gasteiger partial charge in [0.15, 0.2) is 5.96 Å². The lowest BCUT2D eigenvalue weighted by Crippen LogP contribution is -2.41. The molecule has 0 fully saturated rings. The molecule has 0 aliphatic carbocycles. The van der Waals surface area contributed by atoms with Gasteiger partial charge in [-0.2, -0.15) is 0 Å². The normalized spacial score (nSPS) is 14.9. The lowest BCUT2D eigenvalue weighted by atomic mass is 10.1. The zero-order chi connectivity index (χ0) is 18.4. The summed E-state index contributed by atoms with van der Waals surface area (Å²) in [5.41, 5.74) is 1.31. The van der Waals surface area contributed by atoms with Crippen LogP contribution in [0.25, 0.3) is 0 Å². The highest BCUT2D eigenvalue weighted by Gasteiger charge is 2.21. The van der Waals surface area contributed by atoms with Gasteiger partial charge in [0.25, 0.3) is 0 Å². The molecule has 1 unspecified atom stereocenters. The zero-order valence-corrected chi connectivity index (χ0v) is 19.7. The van der Waals surface area contributed by atoms with Gasteiger partial charge >= 0.3 is 0 Å². The first kappa shape index (κ1) is 22.2. The molecule has 1 atom stereocenters. The third-order valence-corrected chi connectivity index (χ3v) is 6.75. The lowest BCUT2D eigenvalue weighted by molar-refractivity contribution is -0.131. The number of aliphatic imine (C=N–C) groups is 1. The molecule has 0 aromatic carbocycles. The fourth-order valence-electron chi connectivity index (χ4n) is 3.05. The molecule has 2 N–H and O–H groups in total. The van der Waals surface area contributed by atoms with Crippen LogP contribution >= 0.6 is 46.7 Å². The summed E-state index contributed by atoms with van der Waals surface area (Å²) in [6.07, 6.45) is 1.47. The summed E-state index contributed by atoms with van der Waals surface area (Å²) in [6.45, 7) is 5.20. The quantitative estimate of drug-likeness (QED) is 0.349. The lowest BCUT2D eigenvalue weighted by Gasteiger charge is -2.27. The summed E-state index contributed by atoms with van der Waals surface area (Å²) >= 11 is 3.57. The number of carbonyl (C=O) groups is 1. The molecule has 1 amide bonds. The Balaban J connectivity index is 0.00000261. The third kappa shape index (κ3) is 6.18. The second-order valence-corrected chi connectivity index (χ2v) is 8.46. The van der Waals surface area contributed by atoms with Crippen LogP contribution in [0.4, 0.5) is 0 Å². The predicted molar refractivity (Wildman–Crippen MR) is 126 cm³/mol. The van der Waals surface area contributed by atoms with E-state index in [1.807, 2.05) is 4.90 Å². The van der Waals surface area contributed by atoms with Crippen molar-refractivity contribution in [3.63, 3.8) is 0 Å². The number of rotatable bonds is 6. The first-order valence-corrected chi connectivity index (χ1v) is 10.7. The van der Waals surface area contributed by atoms with Crippen molar-refractivity contribution in [3.05, 3.63) is 44.3 Å². The van der Waals surface area contributed by atoms with E-state index in [2.05, 4.69) is 51.5 Å². The fourth-order valence-corrected chi connectivity index (χ4v) is 4.73. The number of halogens is 1. The smallest absolute Gasteiger partial charge is 0.224 e. The highest BCUT2D eigenvalue weighted by atomic mass is 127. The molecular weight excluding hydrogens is 491 g/mol. The second-order valence-electron chi connectivity index (χ2n) is 6.48. The van der Waals surface area contributed by atoms with Gasteiger partial charge in [-0.05, 0) is 34.9 Å². The Labute approximate surface area is 186 Å². The van der Waals surface area contributed by atoms with Crippen LogP contribution in [-0.4, -0.2) is 43.4 Å². The van der Waals surface area contributed by atoms with E-state index < -0.39 is 0 Å². The molecule has 2 aromatic rings. The molecule has 8 heteroatoms. The van der Waals surface area contributed by atoms with Crippen molar-refractivity contribution in [3.8, 4) is 0 Å². The zero-order valence-electron chi connectivity index (χ0n) is 15.7. The van der Waals surface area contributed by atoms with Gasteiger partial charge in [0.1, 0.15) is 0 Å². The van der Waals surface area contributed by atoms with Crippen molar-refractivity contribution in [2.45, 2.75) is 32.2 Å². The Hall–Kier alpha value is -1.13. The third-order valence-electron chi connectivity index (χ3n) is 4.62. The van der Waals surface area contributed by atoms with E-state index in [1.54, 1.807) is 29.7 Å². The number of amides is 1. The van der Waals surface area contributed by atoms with Gasteiger partial charge in [-0.3, -0.25) is 9.79 Å². The average Bonchev–Trinajstić information content (AvgIpc) is 3.35. The van der Waals surface area contributed by atoms with Crippen molar-refractivity contribution < 1.29 is 4.79 Å². The van der Waals surface area contributed by atoms with Gasteiger partial charge in [-0.25, -0.2) is 0 Å². The summed E-state index contributed by atoms with van der Waals surface area (Å²) in [5, 5.41) is 10.8. The molecule has 3 heterocycles. The van der Waals surface area contributed by atoms with E-state index in [0.29, 0.717) is 18.9 Å². The topological polar surface area (TPSA) is 56.7 Å². The molecule has 1 aliphatic rings. The van der Waals surface area contributed by atoms with Crippen molar-refractivity contribution >= 4 is 58.5 Å². The summed E-state index contributed by atoms with van der Waals surface area (Å²) in [7, 11) is 1.76. The maximum absolute atomic E-state index is 12.5. The van der Waals surface area contributed by atoms with E-state index >= 15 is 0 Å². The Morgan fingerprint density at radius 2 is 2.15 bits per heavy atom. The maximum atomic E-state index is 12.5. The van der Waals surface area contributed by atoms with Crippen LogP contribution in [0.1, 0.15) is 34.6 Å². The van der Waals surface area contributed by atoms with Crippen molar-refractivity contribution in [1.82, 2.24) is 15.5 Å². The minimum Gasteiger partial charge on any atom is -0.356 e. The second kappa shape index (κ2) is 11.0. The summed E-state index contributed by atoms with van der Waals surface area (Å²) < 4.78 is 0. The monoisotopic (exact) mass is 518 g/mol. The molecule has 1 aliphatic heterocycles. The van der Waals surface area contributed by atoms with Gasteiger partial charge in [0.2, 0.25) is 5.91 Å². The van der Waals surface area contributed by atoms with Gasteiger partial charge in [0, 0.05) is 55.3 Å². The molecule has 2 aromatic heterocycles. The van der Waals surface area contributed by atoms with E-state index in [-0.39, 0.29) is 29.9 Å². The molecule has 5 nitrogen and oxygen atoms in total. The Kier molecular flexibility index (Phi) is 9.04. The van der Waals surface area contributed by atoms with Crippen LogP contribution in [0.5, 0.6) is 0 Å². The first-order chi connectivity index (χ1) is 12.7. The molecule has 0 bridgehead atoms. The number of fused-ring (bicyclic) bond motifs is 1. The number of guanidine groups is 1. The van der Waals surface area contributed by atoms with Crippen molar-refractivity contribution in [2.75, 3.05) is 26.7 Å². The minimum atomic E-state index is 0. The maximum Gasteiger partial charge on any atom is 0.224 e.